The van der Waals surface area contributed by atoms with E-state index in [0.717, 1.165) is 0 Å². The molecule has 30 heavy (non-hydrogen) atoms. The van der Waals surface area contributed by atoms with Gasteiger partial charge in [0.15, 0.2) is 0 Å². The highest BCUT2D eigenvalue weighted by Crippen LogP contribution is 2.28. The first-order valence-electron chi connectivity index (χ1n) is 10.1. The minimum atomic E-state index is -0.318. The first-order chi connectivity index (χ1) is 14.3. The van der Waals surface area contributed by atoms with Gasteiger partial charge in [-0.2, -0.15) is 5.10 Å². The van der Waals surface area contributed by atoms with E-state index in [1.165, 1.54) is 12.1 Å². The van der Waals surface area contributed by atoms with Crippen LogP contribution >= 0.6 is 11.6 Å². The summed E-state index contributed by atoms with van der Waals surface area (Å²) in [5, 5.41) is 20.3. The quantitative estimate of drug-likeness (QED) is 0.605. The highest BCUT2D eigenvalue weighted by Gasteiger charge is 2.30. The number of benzene rings is 1. The molecule has 1 aliphatic rings. The number of aromatic hydroxyl groups is 1. The molecule has 2 aromatic rings. The van der Waals surface area contributed by atoms with Crippen molar-refractivity contribution in [2.45, 2.75) is 45.7 Å². The monoisotopic (exact) mass is 433 g/mol. The van der Waals surface area contributed by atoms with Crippen molar-refractivity contribution in [3.63, 3.8) is 0 Å². The summed E-state index contributed by atoms with van der Waals surface area (Å²) in [6.07, 6.45) is 2.94. The first kappa shape index (κ1) is 22.1. The lowest BCUT2D eigenvalue weighted by molar-refractivity contribution is -0.123. The Morgan fingerprint density at radius 1 is 1.17 bits per heavy atom. The van der Waals surface area contributed by atoms with Gasteiger partial charge < -0.3 is 15.7 Å². The number of nitrogens with one attached hydrogen (secondary N) is 2. The van der Waals surface area contributed by atoms with Crippen molar-refractivity contribution in [1.29, 1.82) is 0 Å². The average Bonchev–Trinajstić information content (AvgIpc) is 3.18. The van der Waals surface area contributed by atoms with E-state index in [1.807, 2.05) is 20.8 Å². The Kier molecular flexibility index (Phi) is 6.99. The number of phenols is 1. The van der Waals surface area contributed by atoms with Crippen LogP contribution in [0.25, 0.3) is 0 Å². The molecule has 3 N–H and O–H groups in total. The van der Waals surface area contributed by atoms with Gasteiger partial charge in [0, 0.05) is 23.0 Å². The molecule has 1 aromatic heterocycles. The Labute approximate surface area is 181 Å². The van der Waals surface area contributed by atoms with Gasteiger partial charge in [-0.15, -0.1) is 0 Å². The van der Waals surface area contributed by atoms with Gasteiger partial charge in [-0.3, -0.25) is 14.5 Å². The summed E-state index contributed by atoms with van der Waals surface area (Å²) in [4.78, 5) is 27.4. The number of aromatic nitrogens is 2. The molecule has 0 aliphatic carbocycles. The van der Waals surface area contributed by atoms with E-state index in [0.29, 0.717) is 42.5 Å². The number of phenolic OH excluding ortho intramolecular Hbond substituents is 1. The number of hydrogen-bond donors (Lipinski definition) is 3. The molecule has 9 heteroatoms. The smallest absolute Gasteiger partial charge is 0.242 e. The van der Waals surface area contributed by atoms with Gasteiger partial charge in [-0.25, -0.2) is 4.68 Å². The Morgan fingerprint density at radius 3 is 2.53 bits per heavy atom. The predicted octanol–water partition coefficient (Wildman–Crippen LogP) is 3.50. The van der Waals surface area contributed by atoms with Crippen molar-refractivity contribution in [2.75, 3.05) is 23.7 Å². The Bertz CT molecular complexity index is 906. The summed E-state index contributed by atoms with van der Waals surface area (Å²) < 4.78 is 1.77. The number of amides is 2. The maximum atomic E-state index is 12.7. The van der Waals surface area contributed by atoms with Crippen molar-refractivity contribution >= 4 is 34.9 Å². The van der Waals surface area contributed by atoms with Gasteiger partial charge >= 0.3 is 0 Å². The van der Waals surface area contributed by atoms with Crippen LogP contribution in [-0.2, 0) is 9.59 Å². The lowest BCUT2D eigenvalue weighted by Crippen LogP contribution is -2.47. The van der Waals surface area contributed by atoms with E-state index in [4.69, 9.17) is 11.6 Å². The molecule has 1 saturated heterocycles. The van der Waals surface area contributed by atoms with Gasteiger partial charge in [0.05, 0.1) is 17.9 Å². The van der Waals surface area contributed by atoms with Crippen LogP contribution in [0.4, 0.5) is 11.5 Å². The van der Waals surface area contributed by atoms with E-state index in [1.54, 1.807) is 23.0 Å². The molecule has 2 heterocycles. The zero-order valence-electron chi connectivity index (χ0n) is 17.4. The molecule has 1 aliphatic heterocycles. The summed E-state index contributed by atoms with van der Waals surface area (Å²) >= 11 is 5.93. The molecule has 162 valence electrons. The Morgan fingerprint density at radius 2 is 1.87 bits per heavy atom. The number of hydrogen-bond acceptors (Lipinski definition) is 5. The fraction of sp³-hybridized carbons (Fsp3) is 0.476. The molecule has 0 radical (unpaired) electrons. The summed E-state index contributed by atoms with van der Waals surface area (Å²) in [5.41, 5.74) is 0.310. The van der Waals surface area contributed by atoms with Crippen molar-refractivity contribution in [2.24, 2.45) is 5.92 Å². The van der Waals surface area contributed by atoms with Gasteiger partial charge in [-0.05, 0) is 64.9 Å². The summed E-state index contributed by atoms with van der Waals surface area (Å²) in [6.45, 7) is 7.15. The van der Waals surface area contributed by atoms with Crippen LogP contribution in [0.1, 0.15) is 39.7 Å². The highest BCUT2D eigenvalue weighted by atomic mass is 35.5. The lowest BCUT2D eigenvalue weighted by Gasteiger charge is -2.34. The van der Waals surface area contributed by atoms with Crippen molar-refractivity contribution in [3.8, 4) is 5.75 Å². The fourth-order valence-corrected chi connectivity index (χ4v) is 3.79. The molecular weight excluding hydrogens is 406 g/mol. The molecule has 1 fully saturated rings. The number of likely N-dealkylation sites (tertiary alicyclic amines) is 1. The number of piperidine rings is 1. The molecule has 0 spiro atoms. The molecule has 0 unspecified atom stereocenters. The third-order valence-corrected chi connectivity index (χ3v) is 5.69. The Hall–Kier alpha value is -2.58. The largest absolute Gasteiger partial charge is 0.506 e. The third kappa shape index (κ3) is 5.12. The summed E-state index contributed by atoms with van der Waals surface area (Å²) in [6, 6.07) is 6.16. The lowest BCUT2D eigenvalue weighted by atomic mass is 9.94. The minimum absolute atomic E-state index is 0.0175. The number of carbonyl (C=O) groups is 2. The zero-order chi connectivity index (χ0) is 21.8. The SMILES string of the molecule is CC(C)n1nccc1NC(=O)[C@@H](C)N1CCC(C(=O)Nc2cc(Cl)ccc2O)CC1. The van der Waals surface area contributed by atoms with E-state index < -0.39 is 0 Å². The maximum Gasteiger partial charge on any atom is 0.242 e. The van der Waals surface area contributed by atoms with Crippen LogP contribution in [0.5, 0.6) is 5.75 Å². The molecule has 0 bridgehead atoms. The van der Waals surface area contributed by atoms with Crippen LogP contribution < -0.4 is 10.6 Å². The van der Waals surface area contributed by atoms with E-state index >= 15 is 0 Å². The standard InChI is InChI=1S/C21H28ClN5O3/c1-13(2)27-19(6-9-23-27)25-20(29)14(3)26-10-7-15(8-11-26)21(30)24-17-12-16(22)4-5-18(17)28/h4-6,9,12-15,28H,7-8,10-11H2,1-3H3,(H,24,30)(H,25,29)/t14-/m1/s1. The number of rotatable bonds is 6. The van der Waals surface area contributed by atoms with Crippen molar-refractivity contribution < 1.29 is 14.7 Å². The number of anilines is 2. The predicted molar refractivity (Wildman–Crippen MR) is 117 cm³/mol. The third-order valence-electron chi connectivity index (χ3n) is 5.45. The molecule has 1 aromatic carbocycles. The van der Waals surface area contributed by atoms with Gasteiger partial charge in [0.2, 0.25) is 11.8 Å². The Balaban J connectivity index is 1.53. The molecule has 0 saturated carbocycles. The van der Waals surface area contributed by atoms with Crippen molar-refractivity contribution in [1.82, 2.24) is 14.7 Å². The fourth-order valence-electron chi connectivity index (χ4n) is 3.61. The van der Waals surface area contributed by atoms with Gasteiger partial charge in [0.25, 0.3) is 0 Å². The van der Waals surface area contributed by atoms with Crippen LogP contribution in [0.2, 0.25) is 5.02 Å². The zero-order valence-corrected chi connectivity index (χ0v) is 18.2. The van der Waals surface area contributed by atoms with Crippen LogP contribution in [0.15, 0.2) is 30.5 Å². The second-order valence-electron chi connectivity index (χ2n) is 7.88. The minimum Gasteiger partial charge on any atom is -0.506 e. The van der Waals surface area contributed by atoms with Gasteiger partial charge in [-0.1, -0.05) is 11.6 Å². The average molecular weight is 434 g/mol. The molecule has 1 atom stereocenters. The maximum absolute atomic E-state index is 12.7. The summed E-state index contributed by atoms with van der Waals surface area (Å²) in [7, 11) is 0. The normalized spacial score (nSPS) is 16.4. The molecule has 8 nitrogen and oxygen atoms in total. The van der Waals surface area contributed by atoms with Crippen LogP contribution in [0.3, 0.4) is 0 Å². The first-order valence-corrected chi connectivity index (χ1v) is 10.5. The van der Waals surface area contributed by atoms with E-state index in [-0.39, 0.29) is 35.6 Å². The molecule has 3 rings (SSSR count). The second-order valence-corrected chi connectivity index (χ2v) is 8.32. The second kappa shape index (κ2) is 9.49. The van der Waals surface area contributed by atoms with Gasteiger partial charge in [0.1, 0.15) is 11.6 Å². The number of halogens is 1. The summed E-state index contributed by atoms with van der Waals surface area (Å²) in [5.74, 6) is 0.236. The topological polar surface area (TPSA) is 99.5 Å². The number of carbonyl (C=O) groups excluding carboxylic acids is 2. The highest BCUT2D eigenvalue weighted by molar-refractivity contribution is 6.31. The molecule has 2 amide bonds. The van der Waals surface area contributed by atoms with Crippen LogP contribution in [-0.4, -0.2) is 50.7 Å². The number of nitrogens with zero attached hydrogens (tertiary/aromatic N) is 3. The van der Waals surface area contributed by atoms with E-state index in [9.17, 15) is 14.7 Å². The molecular formula is C21H28ClN5O3. The van der Waals surface area contributed by atoms with E-state index in [2.05, 4.69) is 20.6 Å². The van der Waals surface area contributed by atoms with Crippen molar-refractivity contribution in [3.05, 3.63) is 35.5 Å². The van der Waals surface area contributed by atoms with Crippen LogP contribution in [0, 0.1) is 5.92 Å².